The second-order valence-electron chi connectivity index (χ2n) is 2.38. The van der Waals surface area contributed by atoms with Crippen molar-refractivity contribution in [3.05, 3.63) is 43.0 Å². The summed E-state index contributed by atoms with van der Waals surface area (Å²) in [6.45, 7) is 3.18. The van der Waals surface area contributed by atoms with Crippen molar-refractivity contribution in [1.82, 2.24) is 0 Å². The summed E-state index contributed by atoms with van der Waals surface area (Å²) < 4.78 is 9.23. The minimum atomic E-state index is -1.61. The van der Waals surface area contributed by atoms with E-state index in [0.29, 0.717) is 5.75 Å². The van der Waals surface area contributed by atoms with Crippen LogP contribution in [0, 0.1) is 0 Å². The van der Waals surface area contributed by atoms with Gasteiger partial charge >= 0.3 is 13.3 Å². The van der Waals surface area contributed by atoms with Crippen LogP contribution in [0.25, 0.3) is 0 Å². The van der Waals surface area contributed by atoms with E-state index in [4.69, 9.17) is 9.68 Å². The monoisotopic (exact) mass is 192 g/mol. The summed E-state index contributed by atoms with van der Waals surface area (Å²) in [6, 6.07) is 8.53. The molecule has 0 atom stereocenters. The first-order valence-electron chi connectivity index (χ1n) is 3.95. The maximum atomic E-state index is 10.6. The summed E-state index contributed by atoms with van der Waals surface area (Å²) >= 11 is 0. The molecule has 14 heavy (non-hydrogen) atoms. The zero-order valence-electron chi connectivity index (χ0n) is 7.42. The first-order valence-corrected chi connectivity index (χ1v) is 3.95. The normalized spacial score (nSPS) is 8.93. The molecule has 1 N–H and O–H groups in total. The molecule has 1 aromatic rings. The average molecular weight is 192 g/mol. The Bertz CT molecular complexity index is 312. The van der Waals surface area contributed by atoms with Crippen LogP contribution in [-0.4, -0.2) is 18.3 Å². The predicted octanol–water partition coefficient (Wildman–Crippen LogP) is 0.772. The van der Waals surface area contributed by atoms with Crippen LogP contribution >= 0.6 is 0 Å². The Kier molecular flexibility index (Phi) is 3.76. The van der Waals surface area contributed by atoms with E-state index in [1.807, 2.05) is 0 Å². The van der Waals surface area contributed by atoms with E-state index in [2.05, 4.69) is 11.2 Å². The highest BCUT2D eigenvalue weighted by atomic mass is 16.7. The van der Waals surface area contributed by atoms with Crippen LogP contribution in [0.3, 0.4) is 0 Å². The van der Waals surface area contributed by atoms with Gasteiger partial charge in [0.15, 0.2) is 0 Å². The summed E-state index contributed by atoms with van der Waals surface area (Å²) in [5.74, 6) is -0.328. The number of carbonyl (C=O) groups excluding carboxylic acids is 1. The minimum absolute atomic E-state index is 0.414. The van der Waals surface area contributed by atoms with Gasteiger partial charge in [-0.15, -0.1) is 0 Å². The zero-order chi connectivity index (χ0) is 10.4. The smallest absolute Gasteiger partial charge is 0.501 e. The van der Waals surface area contributed by atoms with Gasteiger partial charge in [0.05, 0.1) is 0 Å². The topological polar surface area (TPSA) is 55.8 Å². The molecule has 0 aromatic heterocycles. The molecule has 0 radical (unpaired) electrons. The van der Waals surface area contributed by atoms with E-state index in [9.17, 15) is 4.79 Å². The fourth-order valence-electron chi connectivity index (χ4n) is 0.787. The molecular weight excluding hydrogens is 183 g/mol. The molecule has 4 nitrogen and oxygen atoms in total. The van der Waals surface area contributed by atoms with Crippen LogP contribution in [0.2, 0.25) is 0 Å². The summed E-state index contributed by atoms with van der Waals surface area (Å²) in [5, 5.41) is 9.09. The van der Waals surface area contributed by atoms with Gasteiger partial charge in [-0.3, -0.25) is 0 Å². The maximum absolute atomic E-state index is 10.6. The van der Waals surface area contributed by atoms with Gasteiger partial charge in [-0.25, -0.2) is 4.79 Å². The highest BCUT2D eigenvalue weighted by Crippen LogP contribution is 2.08. The molecule has 72 valence electrons. The Morgan fingerprint density at radius 3 is 2.64 bits per heavy atom. The van der Waals surface area contributed by atoms with E-state index >= 15 is 0 Å². The lowest BCUT2D eigenvalue weighted by Crippen LogP contribution is -2.28. The van der Waals surface area contributed by atoms with Gasteiger partial charge in [0.2, 0.25) is 0 Å². The molecule has 0 fully saturated rings. The van der Waals surface area contributed by atoms with E-state index in [1.165, 1.54) is 0 Å². The molecule has 1 aromatic carbocycles. The lowest BCUT2D eigenvalue weighted by molar-refractivity contribution is -0.131. The predicted molar refractivity (Wildman–Crippen MR) is 51.3 cm³/mol. The lowest BCUT2D eigenvalue weighted by atomic mass is 10.2. The lowest BCUT2D eigenvalue weighted by Gasteiger charge is -2.07. The van der Waals surface area contributed by atoms with Crippen molar-refractivity contribution in [2.45, 2.75) is 0 Å². The zero-order valence-corrected chi connectivity index (χ0v) is 7.42. The third kappa shape index (κ3) is 3.32. The highest BCUT2D eigenvalue weighted by Gasteiger charge is 2.22. The Balaban J connectivity index is 2.45. The molecule has 0 heterocycles. The van der Waals surface area contributed by atoms with Crippen molar-refractivity contribution in [2.75, 3.05) is 0 Å². The van der Waals surface area contributed by atoms with Crippen LogP contribution in [0.4, 0.5) is 0 Å². The molecular formula is C9H9BO4. The molecule has 0 amide bonds. The van der Waals surface area contributed by atoms with Crippen LogP contribution in [0.1, 0.15) is 0 Å². The molecule has 0 saturated heterocycles. The third-order valence-electron chi connectivity index (χ3n) is 1.36. The van der Waals surface area contributed by atoms with E-state index in [-0.39, 0.29) is 0 Å². The molecule has 0 bridgehead atoms. The SMILES string of the molecule is C=CC(=O)OB(O)Oc1ccccc1. The van der Waals surface area contributed by atoms with E-state index in [1.54, 1.807) is 30.3 Å². The Morgan fingerprint density at radius 2 is 2.07 bits per heavy atom. The largest absolute Gasteiger partial charge is 0.787 e. The van der Waals surface area contributed by atoms with Crippen LogP contribution in [-0.2, 0) is 9.45 Å². The number of rotatable bonds is 4. The van der Waals surface area contributed by atoms with Crippen molar-refractivity contribution in [3.63, 3.8) is 0 Å². The van der Waals surface area contributed by atoms with Gasteiger partial charge in [-0.1, -0.05) is 24.8 Å². The summed E-state index contributed by atoms with van der Waals surface area (Å²) in [7, 11) is -1.61. The van der Waals surface area contributed by atoms with Gasteiger partial charge in [0, 0.05) is 6.08 Å². The quantitative estimate of drug-likeness (QED) is 0.565. The van der Waals surface area contributed by atoms with Gasteiger partial charge < -0.3 is 14.3 Å². The van der Waals surface area contributed by atoms with Crippen LogP contribution in [0.5, 0.6) is 5.75 Å². The summed E-state index contributed by atoms with van der Waals surface area (Å²) in [5.41, 5.74) is 0. The fraction of sp³-hybridized carbons (Fsp3) is 0. The van der Waals surface area contributed by atoms with Gasteiger partial charge in [0.25, 0.3) is 0 Å². The summed E-state index contributed by atoms with van der Waals surface area (Å²) in [6.07, 6.45) is 0.942. The molecule has 0 saturated carbocycles. The van der Waals surface area contributed by atoms with Crippen molar-refractivity contribution in [1.29, 1.82) is 0 Å². The van der Waals surface area contributed by atoms with Gasteiger partial charge in [-0.05, 0) is 12.1 Å². The van der Waals surface area contributed by atoms with Crippen molar-refractivity contribution >= 4 is 13.3 Å². The van der Waals surface area contributed by atoms with Crippen molar-refractivity contribution in [3.8, 4) is 5.75 Å². The standard InChI is InChI=1S/C9H9BO4/c1-2-9(11)14-10(12)13-8-6-4-3-5-7-8/h2-7,12H,1H2. The maximum Gasteiger partial charge on any atom is 0.787 e. The van der Waals surface area contributed by atoms with Gasteiger partial charge in [0.1, 0.15) is 5.75 Å². The molecule has 0 spiro atoms. The molecule has 0 aliphatic heterocycles. The van der Waals surface area contributed by atoms with E-state index < -0.39 is 13.3 Å². The first-order chi connectivity index (χ1) is 6.72. The molecule has 0 unspecified atom stereocenters. The second kappa shape index (κ2) is 5.09. The number of benzene rings is 1. The first kappa shape index (κ1) is 10.3. The van der Waals surface area contributed by atoms with Crippen LogP contribution in [0.15, 0.2) is 43.0 Å². The highest BCUT2D eigenvalue weighted by molar-refractivity contribution is 6.38. The third-order valence-corrected chi connectivity index (χ3v) is 1.36. The Labute approximate surface area is 81.9 Å². The minimum Gasteiger partial charge on any atom is -0.501 e. The van der Waals surface area contributed by atoms with Crippen molar-refractivity contribution in [2.24, 2.45) is 0 Å². The molecule has 0 aliphatic rings. The molecule has 1 rings (SSSR count). The number of hydrogen-bond acceptors (Lipinski definition) is 4. The van der Waals surface area contributed by atoms with Crippen molar-refractivity contribution < 1.29 is 19.1 Å². The van der Waals surface area contributed by atoms with Crippen LogP contribution < -0.4 is 4.65 Å². The molecule has 0 aliphatic carbocycles. The number of carbonyl (C=O) groups is 1. The average Bonchev–Trinajstić information content (AvgIpc) is 2.19. The fourth-order valence-corrected chi connectivity index (χ4v) is 0.787. The molecule has 5 heteroatoms. The summed E-state index contributed by atoms with van der Waals surface area (Å²) in [4.78, 5) is 10.6. The van der Waals surface area contributed by atoms with E-state index in [0.717, 1.165) is 6.08 Å². The second-order valence-corrected chi connectivity index (χ2v) is 2.38. The Morgan fingerprint density at radius 1 is 1.43 bits per heavy atom. The Hall–Kier alpha value is -1.75. The number of hydrogen-bond donors (Lipinski definition) is 1. The number of para-hydroxylation sites is 1. The van der Waals surface area contributed by atoms with Gasteiger partial charge in [-0.2, -0.15) is 0 Å².